The summed E-state index contributed by atoms with van der Waals surface area (Å²) in [6.45, 7) is 3.40. The minimum atomic E-state index is -0.535. The first kappa shape index (κ1) is 18.3. The van der Waals surface area contributed by atoms with Crippen LogP contribution in [0.5, 0.6) is 11.5 Å². The molecule has 3 rings (SSSR count). The molecule has 1 N–H and O–H groups in total. The van der Waals surface area contributed by atoms with Crippen molar-refractivity contribution in [3.8, 4) is 11.5 Å². The molecule has 138 valence electrons. The van der Waals surface area contributed by atoms with E-state index in [-0.39, 0.29) is 0 Å². The molecule has 0 aliphatic carbocycles. The highest BCUT2D eigenvalue weighted by Gasteiger charge is 2.16. The van der Waals surface area contributed by atoms with E-state index < -0.39 is 6.10 Å². The topological polar surface area (TPSA) is 56.5 Å². The van der Waals surface area contributed by atoms with E-state index in [1.807, 2.05) is 49.4 Å². The molecule has 3 aromatic rings. The van der Waals surface area contributed by atoms with Crippen molar-refractivity contribution in [1.82, 2.24) is 9.55 Å². The van der Waals surface area contributed by atoms with Gasteiger partial charge in [0.2, 0.25) is 0 Å². The zero-order valence-corrected chi connectivity index (χ0v) is 15.4. The fraction of sp³-hybridized carbons (Fsp3) is 0.381. The predicted octanol–water partition coefficient (Wildman–Crippen LogP) is 4.35. The number of para-hydroxylation sites is 4. The van der Waals surface area contributed by atoms with Gasteiger partial charge in [-0.15, -0.1) is 0 Å². The Morgan fingerprint density at radius 2 is 1.77 bits per heavy atom. The zero-order valence-electron chi connectivity index (χ0n) is 15.4. The SMILES string of the molecule is CC[C@H](O)c1nc2ccccc2n1CCCCOc1ccccc1OC. The van der Waals surface area contributed by atoms with Crippen LogP contribution < -0.4 is 9.47 Å². The number of fused-ring (bicyclic) bond motifs is 1. The number of aromatic nitrogens is 2. The first-order chi connectivity index (χ1) is 12.7. The van der Waals surface area contributed by atoms with Crippen LogP contribution >= 0.6 is 0 Å². The number of rotatable bonds is 9. The molecule has 0 aliphatic rings. The third-order valence-electron chi connectivity index (χ3n) is 4.47. The summed E-state index contributed by atoms with van der Waals surface area (Å²) in [4.78, 5) is 4.62. The van der Waals surface area contributed by atoms with Crippen LogP contribution in [-0.2, 0) is 6.54 Å². The van der Waals surface area contributed by atoms with Crippen molar-refractivity contribution < 1.29 is 14.6 Å². The van der Waals surface area contributed by atoms with Crippen molar-refractivity contribution >= 4 is 11.0 Å². The third kappa shape index (κ3) is 3.99. The number of hydrogen-bond acceptors (Lipinski definition) is 4. The molecule has 0 saturated carbocycles. The third-order valence-corrected chi connectivity index (χ3v) is 4.47. The minimum Gasteiger partial charge on any atom is -0.493 e. The number of unbranched alkanes of at least 4 members (excludes halogenated alkanes) is 1. The normalized spacial score (nSPS) is 12.3. The number of imidazole rings is 1. The number of nitrogens with zero attached hydrogens (tertiary/aromatic N) is 2. The molecule has 0 spiro atoms. The molecule has 0 unspecified atom stereocenters. The fourth-order valence-electron chi connectivity index (χ4n) is 3.06. The molecule has 5 nitrogen and oxygen atoms in total. The summed E-state index contributed by atoms with van der Waals surface area (Å²) < 4.78 is 13.3. The average Bonchev–Trinajstić information content (AvgIpc) is 3.06. The standard InChI is InChI=1S/C21H26N2O3/c1-3-18(24)21-22-16-10-4-5-11-17(16)23(21)14-8-9-15-26-20-13-7-6-12-19(20)25-2/h4-7,10-13,18,24H,3,8-9,14-15H2,1-2H3/t18-/m0/s1. The summed E-state index contributed by atoms with van der Waals surface area (Å²) in [5, 5.41) is 10.3. The van der Waals surface area contributed by atoms with Crippen LogP contribution in [0.4, 0.5) is 0 Å². The molecule has 0 amide bonds. The Labute approximate surface area is 154 Å². The van der Waals surface area contributed by atoms with Crippen LogP contribution in [0.1, 0.15) is 38.1 Å². The van der Waals surface area contributed by atoms with Gasteiger partial charge in [0.15, 0.2) is 11.5 Å². The maximum atomic E-state index is 10.3. The van der Waals surface area contributed by atoms with Crippen molar-refractivity contribution in [2.45, 2.75) is 38.8 Å². The number of aliphatic hydroxyl groups excluding tert-OH is 1. The van der Waals surface area contributed by atoms with Gasteiger partial charge in [0.05, 0.1) is 24.8 Å². The molecule has 0 aliphatic heterocycles. The number of ether oxygens (including phenoxy) is 2. The summed E-state index contributed by atoms with van der Waals surface area (Å²) >= 11 is 0. The van der Waals surface area contributed by atoms with E-state index in [1.165, 1.54) is 0 Å². The molecular formula is C21H26N2O3. The van der Waals surface area contributed by atoms with Crippen LogP contribution in [-0.4, -0.2) is 28.4 Å². The van der Waals surface area contributed by atoms with Gasteiger partial charge in [-0.3, -0.25) is 0 Å². The number of methoxy groups -OCH3 is 1. The van der Waals surface area contributed by atoms with Crippen molar-refractivity contribution in [1.29, 1.82) is 0 Å². The first-order valence-electron chi connectivity index (χ1n) is 9.13. The highest BCUT2D eigenvalue weighted by Crippen LogP contribution is 2.26. The Morgan fingerprint density at radius 3 is 2.54 bits per heavy atom. The Morgan fingerprint density at radius 1 is 1.04 bits per heavy atom. The van der Waals surface area contributed by atoms with Gasteiger partial charge in [-0.1, -0.05) is 31.2 Å². The summed E-state index contributed by atoms with van der Waals surface area (Å²) in [5.74, 6) is 2.27. The fourth-order valence-corrected chi connectivity index (χ4v) is 3.06. The lowest BCUT2D eigenvalue weighted by atomic mass is 10.2. The molecule has 1 heterocycles. The van der Waals surface area contributed by atoms with E-state index >= 15 is 0 Å². The van der Waals surface area contributed by atoms with Crippen LogP contribution in [0.3, 0.4) is 0 Å². The summed E-state index contributed by atoms with van der Waals surface area (Å²) in [5.41, 5.74) is 2.00. The van der Waals surface area contributed by atoms with Crippen molar-refractivity contribution in [2.75, 3.05) is 13.7 Å². The van der Waals surface area contributed by atoms with Gasteiger partial charge in [-0.05, 0) is 43.5 Å². The van der Waals surface area contributed by atoms with Crippen LogP contribution in [0, 0.1) is 0 Å². The second-order valence-electron chi connectivity index (χ2n) is 6.24. The average molecular weight is 354 g/mol. The smallest absolute Gasteiger partial charge is 0.161 e. The van der Waals surface area contributed by atoms with E-state index in [4.69, 9.17) is 9.47 Å². The molecule has 5 heteroatoms. The number of aliphatic hydroxyl groups is 1. The molecule has 1 atom stereocenters. The molecule has 1 aromatic heterocycles. The lowest BCUT2D eigenvalue weighted by Crippen LogP contribution is -2.09. The van der Waals surface area contributed by atoms with E-state index in [0.29, 0.717) is 13.0 Å². The van der Waals surface area contributed by atoms with Crippen LogP contribution in [0.25, 0.3) is 11.0 Å². The van der Waals surface area contributed by atoms with Gasteiger partial charge in [-0.2, -0.15) is 0 Å². The molecular weight excluding hydrogens is 328 g/mol. The lowest BCUT2D eigenvalue weighted by Gasteiger charge is -2.13. The summed E-state index contributed by atoms with van der Waals surface area (Å²) in [6.07, 6.45) is 1.97. The van der Waals surface area contributed by atoms with Gasteiger partial charge in [-0.25, -0.2) is 4.98 Å². The van der Waals surface area contributed by atoms with E-state index in [2.05, 4.69) is 15.6 Å². The van der Waals surface area contributed by atoms with E-state index in [1.54, 1.807) is 7.11 Å². The molecule has 0 radical (unpaired) electrons. The highest BCUT2D eigenvalue weighted by molar-refractivity contribution is 5.76. The second-order valence-corrected chi connectivity index (χ2v) is 6.24. The monoisotopic (exact) mass is 354 g/mol. The van der Waals surface area contributed by atoms with Crippen molar-refractivity contribution in [2.24, 2.45) is 0 Å². The van der Waals surface area contributed by atoms with Crippen LogP contribution in [0.15, 0.2) is 48.5 Å². The number of hydrogen-bond donors (Lipinski definition) is 1. The quantitative estimate of drug-likeness (QED) is 0.581. The molecule has 0 bridgehead atoms. The van der Waals surface area contributed by atoms with Gasteiger partial charge in [0.1, 0.15) is 11.9 Å². The lowest BCUT2D eigenvalue weighted by molar-refractivity contribution is 0.159. The van der Waals surface area contributed by atoms with Gasteiger partial charge >= 0.3 is 0 Å². The Balaban J connectivity index is 1.61. The maximum absolute atomic E-state index is 10.3. The van der Waals surface area contributed by atoms with Crippen LogP contribution in [0.2, 0.25) is 0 Å². The summed E-state index contributed by atoms with van der Waals surface area (Å²) in [6, 6.07) is 15.7. The molecule has 2 aromatic carbocycles. The van der Waals surface area contributed by atoms with Gasteiger partial charge < -0.3 is 19.1 Å². The van der Waals surface area contributed by atoms with E-state index in [0.717, 1.165) is 47.7 Å². The van der Waals surface area contributed by atoms with Crippen molar-refractivity contribution in [3.05, 3.63) is 54.4 Å². The Bertz CT molecular complexity index is 844. The number of aryl methyl sites for hydroxylation is 1. The molecule has 26 heavy (non-hydrogen) atoms. The van der Waals surface area contributed by atoms with Crippen molar-refractivity contribution in [3.63, 3.8) is 0 Å². The Kier molecular flexibility index (Phi) is 6.12. The van der Waals surface area contributed by atoms with Gasteiger partial charge in [0.25, 0.3) is 0 Å². The minimum absolute atomic E-state index is 0.535. The maximum Gasteiger partial charge on any atom is 0.161 e. The first-order valence-corrected chi connectivity index (χ1v) is 9.13. The van der Waals surface area contributed by atoms with E-state index in [9.17, 15) is 5.11 Å². The highest BCUT2D eigenvalue weighted by atomic mass is 16.5. The van der Waals surface area contributed by atoms with Gasteiger partial charge in [0, 0.05) is 6.54 Å². The Hall–Kier alpha value is -2.53. The zero-order chi connectivity index (χ0) is 18.4. The summed E-state index contributed by atoms with van der Waals surface area (Å²) in [7, 11) is 1.65. The molecule has 0 fully saturated rings. The second kappa shape index (κ2) is 8.72. The predicted molar refractivity (Wildman–Crippen MR) is 103 cm³/mol. The number of benzene rings is 2. The largest absolute Gasteiger partial charge is 0.493 e. The molecule has 0 saturated heterocycles.